The van der Waals surface area contributed by atoms with Crippen LogP contribution in [0.3, 0.4) is 0 Å². The molecule has 0 bridgehead atoms. The Balaban J connectivity index is 2.24. The van der Waals surface area contributed by atoms with Gasteiger partial charge in [0.15, 0.2) is 0 Å². The van der Waals surface area contributed by atoms with Gasteiger partial charge in [0.25, 0.3) is 5.91 Å². The Labute approximate surface area is 126 Å². The fraction of sp³-hybridized carbons (Fsp3) is 0.188. The smallest absolute Gasteiger partial charge is 0.250 e. The number of nitrogens with zero attached hydrogens (tertiary/aromatic N) is 1. The van der Waals surface area contributed by atoms with Crippen molar-refractivity contribution in [2.24, 2.45) is 0 Å². The zero-order chi connectivity index (χ0) is 14.3. The van der Waals surface area contributed by atoms with E-state index in [0.717, 1.165) is 32.7 Å². The van der Waals surface area contributed by atoms with Gasteiger partial charge >= 0.3 is 0 Å². The maximum Gasteiger partial charge on any atom is 0.250 e. The maximum atomic E-state index is 12.4. The summed E-state index contributed by atoms with van der Waals surface area (Å²) >= 11 is 3.48. The normalized spacial score (nSPS) is 13.9. The van der Waals surface area contributed by atoms with E-state index in [-0.39, 0.29) is 5.91 Å². The third kappa shape index (κ3) is 2.10. The van der Waals surface area contributed by atoms with E-state index in [1.807, 2.05) is 55.1 Å². The molecule has 0 aliphatic carbocycles. The summed E-state index contributed by atoms with van der Waals surface area (Å²) < 4.78 is 0.962. The van der Waals surface area contributed by atoms with Crippen LogP contribution in [0.15, 0.2) is 40.9 Å². The molecular weight excluding hydrogens is 316 g/mol. The van der Waals surface area contributed by atoms with Crippen molar-refractivity contribution in [3.8, 4) is 0 Å². The number of anilines is 3. The molecule has 1 N–H and O–H groups in total. The van der Waals surface area contributed by atoms with Crippen molar-refractivity contribution in [1.82, 2.24) is 0 Å². The van der Waals surface area contributed by atoms with E-state index in [4.69, 9.17) is 0 Å². The van der Waals surface area contributed by atoms with Crippen LogP contribution in [-0.4, -0.2) is 12.5 Å². The van der Waals surface area contributed by atoms with Gasteiger partial charge in [-0.05, 0) is 43.2 Å². The summed E-state index contributed by atoms with van der Waals surface area (Å²) in [5.74, 6) is 0.0630. The first kappa shape index (κ1) is 13.2. The molecule has 1 amide bonds. The zero-order valence-electron chi connectivity index (χ0n) is 11.4. The Morgan fingerprint density at radius 1 is 1.15 bits per heavy atom. The van der Waals surface area contributed by atoms with Crippen molar-refractivity contribution in [2.45, 2.75) is 13.8 Å². The Kier molecular flexibility index (Phi) is 3.26. The van der Waals surface area contributed by atoms with Crippen LogP contribution in [0.5, 0.6) is 0 Å². The van der Waals surface area contributed by atoms with Gasteiger partial charge in [0, 0.05) is 4.47 Å². The number of hydrogen-bond acceptors (Lipinski definition) is 2. The fourth-order valence-electron chi connectivity index (χ4n) is 2.63. The monoisotopic (exact) mass is 330 g/mol. The van der Waals surface area contributed by atoms with Gasteiger partial charge in [-0.3, -0.25) is 9.69 Å². The molecule has 0 unspecified atom stereocenters. The molecule has 4 heteroatoms. The van der Waals surface area contributed by atoms with Gasteiger partial charge in [-0.25, -0.2) is 0 Å². The van der Waals surface area contributed by atoms with E-state index in [2.05, 4.69) is 21.2 Å². The highest BCUT2D eigenvalue weighted by Crippen LogP contribution is 2.39. The van der Waals surface area contributed by atoms with Gasteiger partial charge in [0.05, 0.1) is 23.6 Å². The molecule has 2 aromatic carbocycles. The second-order valence-electron chi connectivity index (χ2n) is 4.98. The minimum atomic E-state index is 0.0630. The molecule has 1 aliphatic heterocycles. The highest BCUT2D eigenvalue weighted by atomic mass is 79.9. The van der Waals surface area contributed by atoms with Crippen LogP contribution in [-0.2, 0) is 4.79 Å². The standard InChI is InChI=1S/C16H15BrN2O/c1-10-4-3-5-11(2)16(10)19-14-8-12(17)6-7-13(14)18-9-15(19)20/h3-8,18H,9H2,1-2H3. The summed E-state index contributed by atoms with van der Waals surface area (Å²) in [6, 6.07) is 12.0. The van der Waals surface area contributed by atoms with E-state index in [9.17, 15) is 4.79 Å². The highest BCUT2D eigenvalue weighted by Gasteiger charge is 2.27. The lowest BCUT2D eigenvalue weighted by Crippen LogP contribution is -2.37. The summed E-state index contributed by atoms with van der Waals surface area (Å²) in [6.45, 7) is 4.40. The van der Waals surface area contributed by atoms with Gasteiger partial charge < -0.3 is 5.32 Å². The molecule has 0 spiro atoms. The molecule has 20 heavy (non-hydrogen) atoms. The second-order valence-corrected chi connectivity index (χ2v) is 5.90. The maximum absolute atomic E-state index is 12.4. The predicted molar refractivity (Wildman–Crippen MR) is 85.7 cm³/mol. The number of amides is 1. The fourth-order valence-corrected chi connectivity index (χ4v) is 2.98. The third-order valence-corrected chi connectivity index (χ3v) is 4.04. The van der Waals surface area contributed by atoms with Crippen LogP contribution >= 0.6 is 15.9 Å². The van der Waals surface area contributed by atoms with Crippen LogP contribution in [0.4, 0.5) is 17.1 Å². The molecule has 0 saturated heterocycles. The lowest BCUT2D eigenvalue weighted by Gasteiger charge is -2.32. The molecule has 0 aromatic heterocycles. The van der Waals surface area contributed by atoms with E-state index in [0.29, 0.717) is 6.54 Å². The van der Waals surface area contributed by atoms with Crippen molar-refractivity contribution < 1.29 is 4.79 Å². The number of benzene rings is 2. The molecule has 1 heterocycles. The van der Waals surface area contributed by atoms with Gasteiger partial charge in [0.2, 0.25) is 0 Å². The number of rotatable bonds is 1. The molecular formula is C16H15BrN2O. The molecule has 1 aliphatic rings. The third-order valence-electron chi connectivity index (χ3n) is 3.54. The van der Waals surface area contributed by atoms with Crippen LogP contribution in [0, 0.1) is 13.8 Å². The molecule has 102 valence electrons. The van der Waals surface area contributed by atoms with Crippen molar-refractivity contribution in [2.75, 3.05) is 16.8 Å². The number of nitrogens with one attached hydrogen (secondary N) is 1. The number of carbonyl (C=O) groups is 1. The van der Waals surface area contributed by atoms with E-state index in [1.165, 1.54) is 0 Å². The Hall–Kier alpha value is -1.81. The molecule has 0 fully saturated rings. The number of carbonyl (C=O) groups excluding carboxylic acids is 1. The number of fused-ring (bicyclic) bond motifs is 1. The molecule has 0 saturated carbocycles. The molecule has 2 aromatic rings. The van der Waals surface area contributed by atoms with Crippen molar-refractivity contribution in [3.63, 3.8) is 0 Å². The van der Waals surface area contributed by atoms with Crippen molar-refractivity contribution in [3.05, 3.63) is 52.0 Å². The van der Waals surface area contributed by atoms with Crippen LogP contribution < -0.4 is 10.2 Å². The largest absolute Gasteiger partial charge is 0.374 e. The van der Waals surface area contributed by atoms with E-state index < -0.39 is 0 Å². The average molecular weight is 331 g/mol. The van der Waals surface area contributed by atoms with Gasteiger partial charge in [0.1, 0.15) is 0 Å². The molecule has 0 radical (unpaired) electrons. The number of hydrogen-bond donors (Lipinski definition) is 1. The summed E-state index contributed by atoms with van der Waals surface area (Å²) in [5, 5.41) is 3.17. The van der Waals surface area contributed by atoms with Gasteiger partial charge in [-0.1, -0.05) is 34.1 Å². The lowest BCUT2D eigenvalue weighted by atomic mass is 10.1. The molecule has 0 atom stereocenters. The second kappa shape index (κ2) is 4.94. The van der Waals surface area contributed by atoms with Crippen LogP contribution in [0.25, 0.3) is 0 Å². The Morgan fingerprint density at radius 2 is 1.85 bits per heavy atom. The minimum absolute atomic E-state index is 0.0630. The lowest BCUT2D eigenvalue weighted by molar-refractivity contribution is -0.116. The van der Waals surface area contributed by atoms with E-state index >= 15 is 0 Å². The topological polar surface area (TPSA) is 32.3 Å². The quantitative estimate of drug-likeness (QED) is 0.851. The number of halogens is 1. The Bertz CT molecular complexity index is 677. The first-order chi connectivity index (χ1) is 9.58. The van der Waals surface area contributed by atoms with Crippen LogP contribution in [0.1, 0.15) is 11.1 Å². The molecule has 3 nitrogen and oxygen atoms in total. The zero-order valence-corrected chi connectivity index (χ0v) is 13.0. The molecule has 3 rings (SSSR count). The van der Waals surface area contributed by atoms with E-state index in [1.54, 1.807) is 0 Å². The van der Waals surface area contributed by atoms with Crippen molar-refractivity contribution >= 4 is 38.9 Å². The first-order valence-corrected chi connectivity index (χ1v) is 7.30. The summed E-state index contributed by atoms with van der Waals surface area (Å²) in [7, 11) is 0. The highest BCUT2D eigenvalue weighted by molar-refractivity contribution is 9.10. The number of aryl methyl sites for hydroxylation is 2. The summed E-state index contributed by atoms with van der Waals surface area (Å²) in [6.07, 6.45) is 0. The minimum Gasteiger partial charge on any atom is -0.374 e. The Morgan fingerprint density at radius 3 is 2.55 bits per heavy atom. The van der Waals surface area contributed by atoms with Crippen LogP contribution in [0.2, 0.25) is 0 Å². The summed E-state index contributed by atoms with van der Waals surface area (Å²) in [4.78, 5) is 14.2. The van der Waals surface area contributed by atoms with Gasteiger partial charge in [-0.2, -0.15) is 0 Å². The predicted octanol–water partition coefficient (Wildman–Crippen LogP) is 4.16. The summed E-state index contributed by atoms with van der Waals surface area (Å²) in [5.41, 5.74) is 5.07. The first-order valence-electron chi connectivity index (χ1n) is 6.50. The SMILES string of the molecule is Cc1cccc(C)c1N1C(=O)CNc2ccc(Br)cc21. The number of para-hydroxylation sites is 1. The average Bonchev–Trinajstić information content (AvgIpc) is 2.41. The van der Waals surface area contributed by atoms with Crippen molar-refractivity contribution in [1.29, 1.82) is 0 Å². The van der Waals surface area contributed by atoms with Gasteiger partial charge in [-0.15, -0.1) is 0 Å².